The van der Waals surface area contributed by atoms with Crippen molar-refractivity contribution < 1.29 is 4.79 Å². The predicted molar refractivity (Wildman–Crippen MR) is 66.3 cm³/mol. The summed E-state index contributed by atoms with van der Waals surface area (Å²) in [7, 11) is 0. The lowest BCUT2D eigenvalue weighted by atomic mass is 9.93. The largest absolute Gasteiger partial charge is 0.335 e. The van der Waals surface area contributed by atoms with E-state index in [1.807, 2.05) is 0 Å². The number of hydrogen-bond acceptors (Lipinski definition) is 1. The molecule has 0 heterocycles. The zero-order valence-electron chi connectivity index (χ0n) is 8.59. The minimum Gasteiger partial charge on any atom is -0.335 e. The van der Waals surface area contributed by atoms with Gasteiger partial charge in [-0.05, 0) is 31.4 Å². The van der Waals surface area contributed by atoms with E-state index in [-0.39, 0.29) is 6.03 Å². The van der Waals surface area contributed by atoms with Crippen molar-refractivity contribution in [2.24, 2.45) is 0 Å². The van der Waals surface area contributed by atoms with E-state index in [0.717, 1.165) is 12.8 Å². The van der Waals surface area contributed by atoms with Crippen LogP contribution in [-0.2, 0) is 0 Å². The van der Waals surface area contributed by atoms with Crippen LogP contribution in [0.15, 0.2) is 18.2 Å². The number of halogens is 2. The molecule has 0 spiro atoms. The molecule has 3 nitrogen and oxygen atoms in total. The Morgan fingerprint density at radius 1 is 1.25 bits per heavy atom. The Labute approximate surface area is 104 Å². The van der Waals surface area contributed by atoms with Gasteiger partial charge >= 0.3 is 6.03 Å². The summed E-state index contributed by atoms with van der Waals surface area (Å²) in [5.74, 6) is 0. The number of carbonyl (C=O) groups excluding carboxylic acids is 1. The van der Waals surface area contributed by atoms with Crippen LogP contribution in [0, 0.1) is 0 Å². The van der Waals surface area contributed by atoms with Crippen LogP contribution in [0.4, 0.5) is 10.5 Å². The molecule has 0 radical (unpaired) electrons. The van der Waals surface area contributed by atoms with Gasteiger partial charge in [-0.1, -0.05) is 29.3 Å². The summed E-state index contributed by atoms with van der Waals surface area (Å²) < 4.78 is 0. The number of para-hydroxylation sites is 1. The summed E-state index contributed by atoms with van der Waals surface area (Å²) >= 11 is 11.9. The van der Waals surface area contributed by atoms with E-state index in [0.29, 0.717) is 21.8 Å². The maximum atomic E-state index is 11.6. The highest BCUT2D eigenvalue weighted by atomic mass is 35.5. The molecular formula is C11H12Cl2N2O. The van der Waals surface area contributed by atoms with Crippen molar-refractivity contribution in [3.63, 3.8) is 0 Å². The van der Waals surface area contributed by atoms with Gasteiger partial charge in [0.1, 0.15) is 0 Å². The van der Waals surface area contributed by atoms with Crippen LogP contribution in [0.3, 0.4) is 0 Å². The second kappa shape index (κ2) is 4.93. The van der Waals surface area contributed by atoms with Gasteiger partial charge < -0.3 is 10.6 Å². The highest BCUT2D eigenvalue weighted by molar-refractivity contribution is 6.39. The molecule has 1 saturated carbocycles. The molecule has 2 N–H and O–H groups in total. The van der Waals surface area contributed by atoms with Gasteiger partial charge in [0.15, 0.2) is 0 Å². The lowest BCUT2D eigenvalue weighted by molar-refractivity contribution is 0.240. The highest BCUT2D eigenvalue weighted by Crippen LogP contribution is 2.29. The molecule has 1 aromatic rings. The van der Waals surface area contributed by atoms with Gasteiger partial charge in [0.2, 0.25) is 0 Å². The second-order valence-corrected chi connectivity index (χ2v) is 4.64. The first-order valence-electron chi connectivity index (χ1n) is 5.18. The molecule has 1 aliphatic rings. The minimum absolute atomic E-state index is 0.250. The van der Waals surface area contributed by atoms with E-state index in [4.69, 9.17) is 23.2 Å². The van der Waals surface area contributed by atoms with Gasteiger partial charge in [0.05, 0.1) is 15.7 Å². The Morgan fingerprint density at radius 2 is 1.88 bits per heavy atom. The molecule has 5 heteroatoms. The Kier molecular flexibility index (Phi) is 3.56. The van der Waals surface area contributed by atoms with Crippen molar-refractivity contribution in [2.75, 3.05) is 5.32 Å². The van der Waals surface area contributed by atoms with Gasteiger partial charge in [-0.25, -0.2) is 4.79 Å². The number of carbonyl (C=O) groups is 1. The number of benzene rings is 1. The van der Waals surface area contributed by atoms with Gasteiger partial charge in [0, 0.05) is 6.04 Å². The van der Waals surface area contributed by atoms with Gasteiger partial charge in [0.25, 0.3) is 0 Å². The smallest absolute Gasteiger partial charge is 0.319 e. The predicted octanol–water partition coefficient (Wildman–Crippen LogP) is 3.67. The van der Waals surface area contributed by atoms with Crippen LogP contribution in [0.25, 0.3) is 0 Å². The molecule has 2 amide bonds. The topological polar surface area (TPSA) is 41.1 Å². The third kappa shape index (κ3) is 2.60. The number of rotatable bonds is 2. The molecule has 86 valence electrons. The number of anilines is 1. The van der Waals surface area contributed by atoms with Gasteiger partial charge in [-0.2, -0.15) is 0 Å². The van der Waals surface area contributed by atoms with Gasteiger partial charge in [-0.15, -0.1) is 0 Å². The quantitative estimate of drug-likeness (QED) is 0.835. The van der Waals surface area contributed by atoms with Crippen LogP contribution >= 0.6 is 23.2 Å². The van der Waals surface area contributed by atoms with Crippen molar-refractivity contribution in [1.82, 2.24) is 5.32 Å². The van der Waals surface area contributed by atoms with Crippen LogP contribution in [-0.4, -0.2) is 12.1 Å². The summed E-state index contributed by atoms with van der Waals surface area (Å²) in [6.07, 6.45) is 3.27. The average Bonchev–Trinajstić information content (AvgIpc) is 2.18. The van der Waals surface area contributed by atoms with E-state index >= 15 is 0 Å². The molecule has 0 atom stereocenters. The highest BCUT2D eigenvalue weighted by Gasteiger charge is 2.20. The molecule has 0 aliphatic heterocycles. The monoisotopic (exact) mass is 258 g/mol. The molecule has 2 rings (SSSR count). The number of hydrogen-bond donors (Lipinski definition) is 2. The fourth-order valence-electron chi connectivity index (χ4n) is 1.50. The lowest BCUT2D eigenvalue weighted by Gasteiger charge is -2.26. The van der Waals surface area contributed by atoms with Crippen LogP contribution in [0.5, 0.6) is 0 Å². The number of amides is 2. The first kappa shape index (κ1) is 11.6. The Morgan fingerprint density at radius 3 is 2.38 bits per heavy atom. The fourth-order valence-corrected chi connectivity index (χ4v) is 2.00. The molecule has 0 saturated heterocycles. The van der Waals surface area contributed by atoms with E-state index < -0.39 is 0 Å². The van der Waals surface area contributed by atoms with Crippen molar-refractivity contribution in [1.29, 1.82) is 0 Å². The van der Waals surface area contributed by atoms with Crippen LogP contribution < -0.4 is 10.6 Å². The van der Waals surface area contributed by atoms with Crippen LogP contribution in [0.1, 0.15) is 19.3 Å². The van der Waals surface area contributed by atoms with Gasteiger partial charge in [-0.3, -0.25) is 0 Å². The molecule has 16 heavy (non-hydrogen) atoms. The third-order valence-electron chi connectivity index (χ3n) is 2.64. The Hall–Kier alpha value is -0.930. The zero-order valence-corrected chi connectivity index (χ0v) is 10.1. The molecule has 1 aromatic carbocycles. The summed E-state index contributed by atoms with van der Waals surface area (Å²) in [6, 6.07) is 5.15. The third-order valence-corrected chi connectivity index (χ3v) is 3.27. The molecule has 0 bridgehead atoms. The zero-order chi connectivity index (χ0) is 11.5. The number of nitrogens with one attached hydrogen (secondary N) is 2. The second-order valence-electron chi connectivity index (χ2n) is 3.82. The maximum absolute atomic E-state index is 11.6. The average molecular weight is 259 g/mol. The summed E-state index contributed by atoms with van der Waals surface area (Å²) in [5.41, 5.74) is 0.461. The summed E-state index contributed by atoms with van der Waals surface area (Å²) in [6.45, 7) is 0. The van der Waals surface area contributed by atoms with Crippen molar-refractivity contribution >= 4 is 34.9 Å². The van der Waals surface area contributed by atoms with E-state index in [2.05, 4.69) is 10.6 Å². The van der Waals surface area contributed by atoms with Crippen molar-refractivity contribution in [3.05, 3.63) is 28.2 Å². The van der Waals surface area contributed by atoms with E-state index in [9.17, 15) is 4.79 Å². The lowest BCUT2D eigenvalue weighted by Crippen LogP contribution is -2.41. The van der Waals surface area contributed by atoms with Crippen LogP contribution in [0.2, 0.25) is 10.0 Å². The van der Waals surface area contributed by atoms with Crippen molar-refractivity contribution in [2.45, 2.75) is 25.3 Å². The molecular weight excluding hydrogens is 247 g/mol. The minimum atomic E-state index is -0.250. The normalized spacial score (nSPS) is 15.4. The molecule has 0 unspecified atom stereocenters. The molecule has 1 aliphatic carbocycles. The standard InChI is InChI=1S/C11H12Cl2N2O/c12-8-5-2-6-9(13)10(8)15-11(16)14-7-3-1-4-7/h2,5-7H,1,3-4H2,(H2,14,15,16). The Bertz CT molecular complexity index is 385. The molecule has 0 aromatic heterocycles. The fraction of sp³-hybridized carbons (Fsp3) is 0.364. The van der Waals surface area contributed by atoms with Crippen molar-refractivity contribution in [3.8, 4) is 0 Å². The molecule has 1 fully saturated rings. The maximum Gasteiger partial charge on any atom is 0.319 e. The summed E-state index contributed by atoms with van der Waals surface area (Å²) in [4.78, 5) is 11.6. The summed E-state index contributed by atoms with van der Waals surface area (Å²) in [5, 5.41) is 6.40. The number of urea groups is 1. The first-order chi connectivity index (χ1) is 7.66. The van der Waals surface area contributed by atoms with E-state index in [1.54, 1.807) is 18.2 Å². The first-order valence-corrected chi connectivity index (χ1v) is 5.94. The SMILES string of the molecule is O=C(Nc1c(Cl)cccc1Cl)NC1CCC1. The Balaban J connectivity index is 1.99. The van der Waals surface area contributed by atoms with E-state index in [1.165, 1.54) is 6.42 Å².